The summed E-state index contributed by atoms with van der Waals surface area (Å²) in [7, 11) is 0. The summed E-state index contributed by atoms with van der Waals surface area (Å²) in [4.78, 5) is 36.5. The maximum atomic E-state index is 12.5. The molecule has 2 atom stereocenters. The minimum atomic E-state index is -0.773. The highest BCUT2D eigenvalue weighted by atomic mass is 35.5. The van der Waals surface area contributed by atoms with Crippen LogP contribution in [-0.4, -0.2) is 35.4 Å². The third-order valence-electron chi connectivity index (χ3n) is 5.82. The Morgan fingerprint density at radius 1 is 1.09 bits per heavy atom. The highest BCUT2D eigenvalue weighted by molar-refractivity contribution is 7.21. The molecule has 1 fully saturated rings. The van der Waals surface area contributed by atoms with Crippen LogP contribution >= 0.6 is 22.9 Å². The molecule has 0 aliphatic heterocycles. The lowest BCUT2D eigenvalue weighted by Crippen LogP contribution is -2.24. The third kappa shape index (κ3) is 5.54. The van der Waals surface area contributed by atoms with Gasteiger partial charge in [-0.3, -0.25) is 14.4 Å². The molecule has 0 unspecified atom stereocenters. The Kier molecular flexibility index (Phi) is 7.30. The molecular formula is C25H24ClNO5S. The van der Waals surface area contributed by atoms with Crippen molar-refractivity contribution in [2.45, 2.75) is 38.2 Å². The number of benzene rings is 2. The molecule has 1 aromatic heterocycles. The fourth-order valence-corrected chi connectivity index (χ4v) is 5.45. The van der Waals surface area contributed by atoms with E-state index in [1.54, 1.807) is 24.3 Å². The van der Waals surface area contributed by atoms with E-state index in [1.165, 1.54) is 11.3 Å². The standard InChI is InChI=1S/C25H24ClNO5S/c26-22-19-4-1-2-6-21(19)33-23(22)24(29)27-13-3-5-20(28)15-7-10-17(11-8-15)32-18-12-9-16(14-18)25(30)31/h1-2,4,6-8,10-11,16,18H,3,5,9,12-14H2,(H,27,29)(H,30,31)/t16-,18+/m0/s1. The van der Waals surface area contributed by atoms with Gasteiger partial charge >= 0.3 is 5.97 Å². The number of Topliss-reactive ketones (excluding diaryl/α,β-unsaturated/α-hetero) is 1. The molecule has 2 N–H and O–H groups in total. The van der Waals surface area contributed by atoms with Crippen molar-refractivity contribution in [1.29, 1.82) is 0 Å². The summed E-state index contributed by atoms with van der Waals surface area (Å²) in [5.74, 6) is -0.721. The predicted molar refractivity (Wildman–Crippen MR) is 129 cm³/mol. The lowest BCUT2D eigenvalue weighted by Gasteiger charge is -2.13. The minimum absolute atomic E-state index is 0.0116. The van der Waals surface area contributed by atoms with E-state index < -0.39 is 5.97 Å². The number of fused-ring (bicyclic) bond motifs is 1. The Balaban J connectivity index is 1.22. The number of hydrogen-bond acceptors (Lipinski definition) is 5. The average molecular weight is 486 g/mol. The van der Waals surface area contributed by atoms with E-state index in [4.69, 9.17) is 21.4 Å². The van der Waals surface area contributed by atoms with E-state index in [2.05, 4.69) is 5.32 Å². The number of hydrogen-bond donors (Lipinski definition) is 2. The quantitative estimate of drug-likeness (QED) is 0.305. The number of carbonyl (C=O) groups excluding carboxylic acids is 2. The summed E-state index contributed by atoms with van der Waals surface area (Å²) in [6.45, 7) is 0.378. The number of carboxylic acids is 1. The number of ether oxygens (including phenoxy) is 1. The Bertz CT molecular complexity index is 1170. The van der Waals surface area contributed by atoms with Gasteiger partial charge in [-0.1, -0.05) is 29.8 Å². The zero-order chi connectivity index (χ0) is 23.4. The van der Waals surface area contributed by atoms with Gasteiger partial charge in [0, 0.05) is 28.6 Å². The van der Waals surface area contributed by atoms with Crippen molar-refractivity contribution in [2.75, 3.05) is 6.54 Å². The van der Waals surface area contributed by atoms with Crippen molar-refractivity contribution in [2.24, 2.45) is 5.92 Å². The lowest BCUT2D eigenvalue weighted by atomic mass is 10.1. The van der Waals surface area contributed by atoms with Crippen molar-refractivity contribution < 1.29 is 24.2 Å². The summed E-state index contributed by atoms with van der Waals surface area (Å²) >= 11 is 7.70. The summed E-state index contributed by atoms with van der Waals surface area (Å²) in [6.07, 6.45) is 2.58. The van der Waals surface area contributed by atoms with Gasteiger partial charge in [0.05, 0.1) is 17.0 Å². The van der Waals surface area contributed by atoms with Crippen molar-refractivity contribution in [3.63, 3.8) is 0 Å². The van der Waals surface area contributed by atoms with Gasteiger partial charge in [-0.25, -0.2) is 0 Å². The molecule has 2 aromatic carbocycles. The number of amides is 1. The highest BCUT2D eigenvalue weighted by Gasteiger charge is 2.31. The fourth-order valence-electron chi connectivity index (χ4n) is 4.02. The molecular weight excluding hydrogens is 462 g/mol. The topological polar surface area (TPSA) is 92.7 Å². The minimum Gasteiger partial charge on any atom is -0.490 e. The Labute approximate surface area is 200 Å². The molecule has 0 spiro atoms. The largest absolute Gasteiger partial charge is 0.490 e. The zero-order valence-electron chi connectivity index (χ0n) is 17.9. The van der Waals surface area contributed by atoms with E-state index in [-0.39, 0.29) is 23.7 Å². The van der Waals surface area contributed by atoms with Gasteiger partial charge in [0.2, 0.25) is 0 Å². The molecule has 0 saturated heterocycles. The number of halogens is 1. The van der Waals surface area contributed by atoms with Gasteiger partial charge in [0.25, 0.3) is 5.91 Å². The number of carboxylic acid groups (broad SMARTS) is 1. The number of thiophene rings is 1. The van der Waals surface area contributed by atoms with Crippen LogP contribution in [0.25, 0.3) is 10.1 Å². The van der Waals surface area contributed by atoms with Crippen molar-refractivity contribution in [3.8, 4) is 5.75 Å². The second kappa shape index (κ2) is 10.4. The van der Waals surface area contributed by atoms with Gasteiger partial charge in [0.15, 0.2) is 5.78 Å². The average Bonchev–Trinajstić information content (AvgIpc) is 3.42. The number of rotatable bonds is 9. The van der Waals surface area contributed by atoms with Crippen molar-refractivity contribution in [3.05, 3.63) is 64.0 Å². The molecule has 172 valence electrons. The third-order valence-corrected chi connectivity index (χ3v) is 7.49. The van der Waals surface area contributed by atoms with Gasteiger partial charge in [-0.2, -0.15) is 0 Å². The first-order valence-electron chi connectivity index (χ1n) is 10.9. The smallest absolute Gasteiger partial charge is 0.306 e. The number of aliphatic carboxylic acids is 1. The first kappa shape index (κ1) is 23.3. The van der Waals surface area contributed by atoms with Crippen LogP contribution in [0.4, 0.5) is 0 Å². The van der Waals surface area contributed by atoms with Crippen LogP contribution in [0.2, 0.25) is 5.02 Å². The van der Waals surface area contributed by atoms with Crippen LogP contribution in [0.5, 0.6) is 5.75 Å². The van der Waals surface area contributed by atoms with Crippen LogP contribution in [-0.2, 0) is 4.79 Å². The lowest BCUT2D eigenvalue weighted by molar-refractivity contribution is -0.141. The molecule has 3 aromatic rings. The fraction of sp³-hybridized carbons (Fsp3) is 0.320. The van der Waals surface area contributed by atoms with Crippen LogP contribution in [0.3, 0.4) is 0 Å². The van der Waals surface area contributed by atoms with E-state index in [0.717, 1.165) is 16.5 Å². The second-order valence-corrected chi connectivity index (χ2v) is 9.57. The maximum Gasteiger partial charge on any atom is 0.306 e. The van der Waals surface area contributed by atoms with Crippen LogP contribution in [0.1, 0.15) is 52.1 Å². The predicted octanol–water partition coefficient (Wildman–Crippen LogP) is 5.58. The Morgan fingerprint density at radius 2 is 1.85 bits per heavy atom. The molecule has 1 aliphatic rings. The van der Waals surface area contributed by atoms with Crippen LogP contribution in [0, 0.1) is 5.92 Å². The SMILES string of the molecule is O=C(CCCNC(=O)c1sc2ccccc2c1Cl)c1ccc(O[C@@H]2CC[C@H](C(=O)O)C2)cc1. The van der Waals surface area contributed by atoms with Gasteiger partial charge in [-0.15, -0.1) is 11.3 Å². The molecule has 0 radical (unpaired) electrons. The highest BCUT2D eigenvalue weighted by Crippen LogP contribution is 2.35. The molecule has 1 saturated carbocycles. The number of ketones is 1. The van der Waals surface area contributed by atoms with Crippen LogP contribution < -0.4 is 10.1 Å². The van der Waals surface area contributed by atoms with E-state index in [9.17, 15) is 14.4 Å². The van der Waals surface area contributed by atoms with Gasteiger partial charge in [0.1, 0.15) is 10.6 Å². The molecule has 1 amide bonds. The molecule has 33 heavy (non-hydrogen) atoms. The normalized spacial score (nSPS) is 17.7. The van der Waals surface area contributed by atoms with Crippen molar-refractivity contribution >= 4 is 50.7 Å². The monoisotopic (exact) mass is 485 g/mol. The summed E-state index contributed by atoms with van der Waals surface area (Å²) in [5.41, 5.74) is 0.580. The van der Waals surface area contributed by atoms with Crippen LogP contribution in [0.15, 0.2) is 48.5 Å². The van der Waals surface area contributed by atoms with E-state index in [0.29, 0.717) is 53.4 Å². The zero-order valence-corrected chi connectivity index (χ0v) is 19.5. The Morgan fingerprint density at radius 3 is 2.55 bits per heavy atom. The first-order valence-corrected chi connectivity index (χ1v) is 12.1. The summed E-state index contributed by atoms with van der Waals surface area (Å²) in [6, 6.07) is 14.5. The van der Waals surface area contributed by atoms with E-state index in [1.807, 2.05) is 24.3 Å². The van der Waals surface area contributed by atoms with Crippen molar-refractivity contribution in [1.82, 2.24) is 5.32 Å². The molecule has 1 aliphatic carbocycles. The number of nitrogens with one attached hydrogen (secondary N) is 1. The second-order valence-electron chi connectivity index (χ2n) is 8.14. The summed E-state index contributed by atoms with van der Waals surface area (Å²) < 4.78 is 6.82. The van der Waals surface area contributed by atoms with Gasteiger partial charge in [-0.05, 0) is 56.0 Å². The molecule has 4 rings (SSSR count). The van der Waals surface area contributed by atoms with E-state index >= 15 is 0 Å². The maximum absolute atomic E-state index is 12.5. The molecule has 8 heteroatoms. The molecule has 1 heterocycles. The molecule has 6 nitrogen and oxygen atoms in total. The molecule has 0 bridgehead atoms. The van der Waals surface area contributed by atoms with Gasteiger partial charge < -0.3 is 15.2 Å². The Hall–Kier alpha value is -2.90. The first-order chi connectivity index (χ1) is 15.9. The number of carbonyl (C=O) groups is 3. The summed E-state index contributed by atoms with van der Waals surface area (Å²) in [5, 5.41) is 13.3.